The Bertz CT molecular complexity index is 848. The largest absolute Gasteiger partial charge is 1.00 e. The second kappa shape index (κ2) is 6.34. The average Bonchev–Trinajstić information content (AvgIpc) is 2.47. The van der Waals surface area contributed by atoms with Gasteiger partial charge in [0.25, 0.3) is 5.91 Å². The molecule has 0 aliphatic carbocycles. The van der Waals surface area contributed by atoms with Crippen molar-refractivity contribution >= 4 is 28.4 Å². The van der Waals surface area contributed by atoms with Gasteiger partial charge in [0.2, 0.25) is 0 Å². The number of nitrogens with two attached hydrogens (primary N) is 1. The lowest BCUT2D eigenvalue weighted by Crippen LogP contribution is -3.00. The molecule has 3 nitrogen and oxygen atoms in total. The molecule has 1 amide bonds. The lowest BCUT2D eigenvalue weighted by atomic mass is 9.94. The van der Waals surface area contributed by atoms with Crippen molar-refractivity contribution < 1.29 is 17.2 Å². The minimum absolute atomic E-state index is 0. The monoisotopic (exact) mass is 331 g/mol. The fourth-order valence-corrected chi connectivity index (χ4v) is 2.74. The summed E-state index contributed by atoms with van der Waals surface area (Å²) < 4.78 is 0. The predicted octanol–water partition coefficient (Wildman–Crippen LogP) is 0.967. The van der Waals surface area contributed by atoms with Gasteiger partial charge in [-0.25, -0.2) is 0 Å². The molecule has 112 valence electrons. The molecule has 0 saturated heterocycles. The van der Waals surface area contributed by atoms with Crippen LogP contribution in [-0.2, 0) is 0 Å². The van der Waals surface area contributed by atoms with E-state index >= 15 is 0 Å². The molecule has 22 heavy (non-hydrogen) atoms. The summed E-state index contributed by atoms with van der Waals surface area (Å²) in [6.07, 6.45) is 0. The molecule has 3 rings (SSSR count). The van der Waals surface area contributed by atoms with E-state index in [2.05, 4.69) is 4.98 Å². The highest BCUT2D eigenvalue weighted by Gasteiger charge is 2.18. The number of nitrogens with zero attached hydrogens (tertiary/aromatic N) is 1. The van der Waals surface area contributed by atoms with E-state index in [-0.39, 0.29) is 12.4 Å². The van der Waals surface area contributed by atoms with Crippen molar-refractivity contribution in [3.8, 4) is 11.1 Å². The van der Waals surface area contributed by atoms with Crippen LogP contribution in [0.2, 0.25) is 5.02 Å². The van der Waals surface area contributed by atoms with Crippen molar-refractivity contribution in [1.82, 2.24) is 4.98 Å². The van der Waals surface area contributed by atoms with Crippen LogP contribution >= 0.6 is 11.6 Å². The number of carbonyl (C=O) groups excluding carboxylic acids is 1. The number of hydrogen-bond donors (Lipinski definition) is 1. The zero-order valence-corrected chi connectivity index (χ0v) is 13.3. The normalized spacial score (nSPS) is 10.3. The molecule has 0 radical (unpaired) electrons. The molecule has 0 fully saturated rings. The smallest absolute Gasteiger partial charge is 0.251 e. The van der Waals surface area contributed by atoms with E-state index < -0.39 is 5.91 Å². The Morgan fingerprint density at radius 2 is 1.82 bits per heavy atom. The Kier molecular flexibility index (Phi) is 4.69. The zero-order valence-electron chi connectivity index (χ0n) is 11.8. The maximum atomic E-state index is 11.9. The summed E-state index contributed by atoms with van der Waals surface area (Å²) in [5.74, 6) is -0.485. The van der Waals surface area contributed by atoms with Gasteiger partial charge in [-0.3, -0.25) is 9.78 Å². The van der Waals surface area contributed by atoms with Gasteiger partial charge >= 0.3 is 0 Å². The maximum absolute atomic E-state index is 11.9. The Morgan fingerprint density at radius 1 is 1.14 bits per heavy atom. The van der Waals surface area contributed by atoms with Gasteiger partial charge in [0.1, 0.15) is 0 Å². The zero-order chi connectivity index (χ0) is 15.0. The Morgan fingerprint density at radius 3 is 2.45 bits per heavy atom. The predicted molar refractivity (Wildman–Crippen MR) is 85.4 cm³/mol. The van der Waals surface area contributed by atoms with Crippen LogP contribution in [-0.4, -0.2) is 10.9 Å². The SMILES string of the molecule is Cc1nc2ccc(Cl)cc2c(-c2ccccc2)c1C(N)=O.[Cl-]. The summed E-state index contributed by atoms with van der Waals surface area (Å²) in [6, 6.07) is 15.1. The third-order valence-corrected chi connectivity index (χ3v) is 3.67. The summed E-state index contributed by atoms with van der Waals surface area (Å²) in [5, 5.41) is 1.42. The standard InChI is InChI=1S/C17H13ClN2O.ClH/c1-10-15(17(19)21)16(11-5-3-2-4-6-11)13-9-12(18)7-8-14(13)20-10;/h2-9H,1H3,(H2,19,21);1H/p-1. The number of amides is 1. The molecule has 2 N–H and O–H groups in total. The van der Waals surface area contributed by atoms with Gasteiger partial charge in [0.05, 0.1) is 16.8 Å². The first-order chi connectivity index (χ1) is 10.1. The first kappa shape index (κ1) is 16.3. The second-order valence-corrected chi connectivity index (χ2v) is 5.28. The number of aromatic nitrogens is 1. The fourth-order valence-electron chi connectivity index (χ4n) is 2.56. The van der Waals surface area contributed by atoms with E-state index in [1.807, 2.05) is 42.5 Å². The molecule has 1 heterocycles. The number of carbonyl (C=O) groups is 1. The van der Waals surface area contributed by atoms with Crippen molar-refractivity contribution in [2.45, 2.75) is 6.92 Å². The molecule has 1 aromatic heterocycles. The van der Waals surface area contributed by atoms with Gasteiger partial charge in [-0.2, -0.15) is 0 Å². The van der Waals surface area contributed by atoms with E-state index in [1.54, 1.807) is 13.0 Å². The molecule has 2 aromatic carbocycles. The Hall–Kier alpha value is -2.10. The third-order valence-electron chi connectivity index (χ3n) is 3.44. The van der Waals surface area contributed by atoms with Gasteiger partial charge in [-0.15, -0.1) is 0 Å². The molecule has 0 aliphatic rings. The van der Waals surface area contributed by atoms with E-state index in [0.29, 0.717) is 16.3 Å². The van der Waals surface area contributed by atoms with Crippen LogP contribution < -0.4 is 18.1 Å². The number of benzene rings is 2. The van der Waals surface area contributed by atoms with E-state index in [4.69, 9.17) is 17.3 Å². The van der Waals surface area contributed by atoms with E-state index in [9.17, 15) is 4.79 Å². The number of aryl methyl sites for hydroxylation is 1. The summed E-state index contributed by atoms with van der Waals surface area (Å²) in [5.41, 5.74) is 9.13. The topological polar surface area (TPSA) is 56.0 Å². The van der Waals surface area contributed by atoms with E-state index in [0.717, 1.165) is 22.0 Å². The fraction of sp³-hybridized carbons (Fsp3) is 0.0588. The van der Waals surface area contributed by atoms with Gasteiger partial charge in [-0.05, 0) is 30.7 Å². The lowest BCUT2D eigenvalue weighted by Gasteiger charge is -2.13. The van der Waals surface area contributed by atoms with Crippen molar-refractivity contribution in [2.75, 3.05) is 0 Å². The van der Waals surface area contributed by atoms with Crippen molar-refractivity contribution in [1.29, 1.82) is 0 Å². The lowest BCUT2D eigenvalue weighted by molar-refractivity contribution is -0.0000126. The van der Waals surface area contributed by atoms with Crippen LogP contribution in [0, 0.1) is 6.92 Å². The van der Waals surface area contributed by atoms with E-state index in [1.165, 1.54) is 0 Å². The van der Waals surface area contributed by atoms with Crippen molar-refractivity contribution in [3.63, 3.8) is 0 Å². The number of hydrogen-bond acceptors (Lipinski definition) is 2. The number of fused-ring (bicyclic) bond motifs is 1. The van der Waals surface area contributed by atoms with Crippen LogP contribution in [0.4, 0.5) is 0 Å². The molecular weight excluding hydrogens is 319 g/mol. The number of pyridine rings is 1. The third kappa shape index (κ3) is 2.78. The van der Waals surface area contributed by atoms with Crippen LogP contribution in [0.15, 0.2) is 48.5 Å². The quantitative estimate of drug-likeness (QED) is 0.760. The molecule has 3 aromatic rings. The molecule has 0 spiro atoms. The summed E-state index contributed by atoms with van der Waals surface area (Å²) in [6.45, 7) is 1.79. The van der Waals surface area contributed by atoms with Gasteiger partial charge in [-0.1, -0.05) is 41.9 Å². The number of halogens is 2. The molecule has 0 aliphatic heterocycles. The molecular formula is C17H13Cl2N2O-. The first-order valence-electron chi connectivity index (χ1n) is 6.53. The molecule has 0 atom stereocenters. The number of rotatable bonds is 2. The Labute approximate surface area is 139 Å². The first-order valence-corrected chi connectivity index (χ1v) is 6.91. The molecule has 0 unspecified atom stereocenters. The van der Waals surface area contributed by atoms with Crippen LogP contribution in [0.3, 0.4) is 0 Å². The van der Waals surface area contributed by atoms with Crippen LogP contribution in [0.5, 0.6) is 0 Å². The maximum Gasteiger partial charge on any atom is 0.251 e. The molecule has 0 bridgehead atoms. The Balaban J connectivity index is 0.00000176. The average molecular weight is 332 g/mol. The summed E-state index contributed by atoms with van der Waals surface area (Å²) >= 11 is 6.11. The highest BCUT2D eigenvalue weighted by molar-refractivity contribution is 6.31. The van der Waals surface area contributed by atoms with Gasteiger partial charge < -0.3 is 18.1 Å². The van der Waals surface area contributed by atoms with Crippen LogP contribution in [0.1, 0.15) is 16.1 Å². The highest BCUT2D eigenvalue weighted by Crippen LogP contribution is 2.34. The summed E-state index contributed by atoms with van der Waals surface area (Å²) in [7, 11) is 0. The van der Waals surface area contributed by atoms with Gasteiger partial charge in [0, 0.05) is 16.0 Å². The number of primary amides is 1. The minimum atomic E-state index is -0.485. The van der Waals surface area contributed by atoms with Crippen molar-refractivity contribution in [2.24, 2.45) is 5.73 Å². The summed E-state index contributed by atoms with van der Waals surface area (Å²) in [4.78, 5) is 16.4. The minimum Gasteiger partial charge on any atom is -1.00 e. The van der Waals surface area contributed by atoms with Gasteiger partial charge in [0.15, 0.2) is 0 Å². The second-order valence-electron chi connectivity index (χ2n) is 4.84. The van der Waals surface area contributed by atoms with Crippen molar-refractivity contribution in [3.05, 3.63) is 64.8 Å². The molecule has 5 heteroatoms. The highest BCUT2D eigenvalue weighted by atomic mass is 35.5. The van der Waals surface area contributed by atoms with Crippen LogP contribution in [0.25, 0.3) is 22.0 Å². The molecule has 0 saturated carbocycles.